The minimum atomic E-state index is 0.244. The molecule has 0 N–H and O–H groups in total. The van der Waals surface area contributed by atoms with Gasteiger partial charge < -0.3 is 4.90 Å². The molecule has 0 bridgehead atoms. The molecular weight excluding hydrogens is 186 g/mol. The molecule has 0 spiro atoms. The number of piperidine rings is 1. The van der Waals surface area contributed by atoms with Crippen molar-refractivity contribution in [3.8, 4) is 0 Å². The molecule has 1 rings (SSSR count). The molecule has 1 fully saturated rings. The standard InChI is InChI=1S/C11H21NO.C2H6/c1-4-10-6-7-12(9(3)13)8-11(10)5-2;1-2/h10-11H,4-8H2,1-3H3;1-2H3/t10-,11-;/m0./s1. The van der Waals surface area contributed by atoms with E-state index < -0.39 is 0 Å². The van der Waals surface area contributed by atoms with Crippen molar-refractivity contribution in [1.82, 2.24) is 4.90 Å². The molecule has 0 radical (unpaired) electrons. The van der Waals surface area contributed by atoms with E-state index in [4.69, 9.17) is 0 Å². The summed E-state index contributed by atoms with van der Waals surface area (Å²) in [7, 11) is 0. The van der Waals surface area contributed by atoms with Gasteiger partial charge in [0.05, 0.1) is 0 Å². The van der Waals surface area contributed by atoms with Gasteiger partial charge in [-0.05, 0) is 18.3 Å². The van der Waals surface area contributed by atoms with Crippen LogP contribution in [0.15, 0.2) is 0 Å². The maximum absolute atomic E-state index is 11.2. The van der Waals surface area contributed by atoms with Gasteiger partial charge in [0.15, 0.2) is 0 Å². The predicted molar refractivity (Wildman–Crippen MR) is 65.8 cm³/mol. The molecule has 0 aromatic carbocycles. The lowest BCUT2D eigenvalue weighted by Crippen LogP contribution is -2.42. The fourth-order valence-corrected chi connectivity index (χ4v) is 2.37. The van der Waals surface area contributed by atoms with Crippen molar-refractivity contribution in [3.63, 3.8) is 0 Å². The number of rotatable bonds is 2. The topological polar surface area (TPSA) is 20.3 Å². The maximum Gasteiger partial charge on any atom is 0.219 e. The summed E-state index contributed by atoms with van der Waals surface area (Å²) in [5.74, 6) is 1.83. The van der Waals surface area contributed by atoms with Crippen LogP contribution in [-0.2, 0) is 4.79 Å². The molecule has 1 aliphatic heterocycles. The quantitative estimate of drug-likeness (QED) is 0.689. The van der Waals surface area contributed by atoms with Crippen LogP contribution in [0.5, 0.6) is 0 Å². The van der Waals surface area contributed by atoms with Crippen molar-refractivity contribution >= 4 is 5.91 Å². The van der Waals surface area contributed by atoms with Gasteiger partial charge in [-0.15, -0.1) is 0 Å². The zero-order valence-electron chi connectivity index (χ0n) is 11.0. The molecule has 0 aliphatic carbocycles. The third-order valence-electron chi connectivity index (χ3n) is 3.39. The molecule has 1 aliphatic rings. The highest BCUT2D eigenvalue weighted by atomic mass is 16.2. The second kappa shape index (κ2) is 7.72. The summed E-state index contributed by atoms with van der Waals surface area (Å²) in [6.45, 7) is 12.1. The molecule has 2 atom stereocenters. The van der Waals surface area contributed by atoms with E-state index in [9.17, 15) is 4.79 Å². The average Bonchev–Trinajstić information content (AvgIpc) is 2.30. The maximum atomic E-state index is 11.2. The second-order valence-electron chi connectivity index (χ2n) is 4.09. The number of carbonyl (C=O) groups is 1. The van der Waals surface area contributed by atoms with Crippen molar-refractivity contribution in [1.29, 1.82) is 0 Å². The van der Waals surface area contributed by atoms with Crippen LogP contribution in [0.3, 0.4) is 0 Å². The Balaban J connectivity index is 0.000000921. The fraction of sp³-hybridized carbons (Fsp3) is 0.923. The summed E-state index contributed by atoms with van der Waals surface area (Å²) < 4.78 is 0. The molecule has 2 nitrogen and oxygen atoms in total. The first kappa shape index (κ1) is 14.5. The van der Waals surface area contributed by atoms with Crippen molar-refractivity contribution in [2.45, 2.75) is 53.9 Å². The largest absolute Gasteiger partial charge is 0.343 e. The Labute approximate surface area is 95.0 Å². The van der Waals surface area contributed by atoms with Crippen LogP contribution in [0.2, 0.25) is 0 Å². The summed E-state index contributed by atoms with van der Waals surface area (Å²) in [4.78, 5) is 13.2. The molecule has 0 saturated carbocycles. The van der Waals surface area contributed by atoms with Crippen LogP contribution in [0, 0.1) is 11.8 Å². The fourth-order valence-electron chi connectivity index (χ4n) is 2.37. The number of hydrogen-bond acceptors (Lipinski definition) is 1. The monoisotopic (exact) mass is 213 g/mol. The number of nitrogens with zero attached hydrogens (tertiary/aromatic N) is 1. The minimum Gasteiger partial charge on any atom is -0.343 e. The van der Waals surface area contributed by atoms with Gasteiger partial charge in [-0.2, -0.15) is 0 Å². The number of hydrogen-bond donors (Lipinski definition) is 0. The molecule has 1 heterocycles. The average molecular weight is 213 g/mol. The first-order valence-corrected chi connectivity index (χ1v) is 6.44. The van der Waals surface area contributed by atoms with Crippen molar-refractivity contribution < 1.29 is 4.79 Å². The molecule has 0 unspecified atom stereocenters. The van der Waals surface area contributed by atoms with E-state index in [0.717, 1.165) is 24.9 Å². The Hall–Kier alpha value is -0.530. The van der Waals surface area contributed by atoms with E-state index in [1.54, 1.807) is 6.92 Å². The lowest BCUT2D eigenvalue weighted by atomic mass is 9.82. The summed E-state index contributed by atoms with van der Waals surface area (Å²) in [6.07, 6.45) is 3.68. The number of amides is 1. The molecular formula is C13H27NO. The van der Waals surface area contributed by atoms with E-state index in [0.29, 0.717) is 0 Å². The molecule has 15 heavy (non-hydrogen) atoms. The van der Waals surface area contributed by atoms with Crippen molar-refractivity contribution in [2.75, 3.05) is 13.1 Å². The van der Waals surface area contributed by atoms with Crippen LogP contribution in [-0.4, -0.2) is 23.9 Å². The van der Waals surface area contributed by atoms with Crippen LogP contribution < -0.4 is 0 Å². The number of likely N-dealkylation sites (tertiary alicyclic amines) is 1. The van der Waals surface area contributed by atoms with Crippen LogP contribution in [0.4, 0.5) is 0 Å². The smallest absolute Gasteiger partial charge is 0.219 e. The lowest BCUT2D eigenvalue weighted by Gasteiger charge is -2.37. The van der Waals surface area contributed by atoms with Gasteiger partial charge in [0, 0.05) is 20.0 Å². The highest BCUT2D eigenvalue weighted by molar-refractivity contribution is 5.73. The Kier molecular flexibility index (Phi) is 7.45. The van der Waals surface area contributed by atoms with Gasteiger partial charge >= 0.3 is 0 Å². The molecule has 2 heteroatoms. The summed E-state index contributed by atoms with van der Waals surface area (Å²) in [6, 6.07) is 0. The summed E-state index contributed by atoms with van der Waals surface area (Å²) in [5, 5.41) is 0. The van der Waals surface area contributed by atoms with Gasteiger partial charge in [0.2, 0.25) is 5.91 Å². The van der Waals surface area contributed by atoms with Gasteiger partial charge in [-0.25, -0.2) is 0 Å². The predicted octanol–water partition coefficient (Wildman–Crippen LogP) is 3.32. The third-order valence-corrected chi connectivity index (χ3v) is 3.39. The van der Waals surface area contributed by atoms with E-state index in [1.165, 1.54) is 19.3 Å². The zero-order chi connectivity index (χ0) is 11.8. The Morgan fingerprint density at radius 1 is 1.20 bits per heavy atom. The van der Waals surface area contributed by atoms with Crippen LogP contribution >= 0.6 is 0 Å². The molecule has 1 saturated heterocycles. The van der Waals surface area contributed by atoms with Gasteiger partial charge in [-0.1, -0.05) is 40.5 Å². The van der Waals surface area contributed by atoms with Gasteiger partial charge in [0.25, 0.3) is 0 Å². The third kappa shape index (κ3) is 4.23. The molecule has 0 aromatic heterocycles. The molecule has 90 valence electrons. The van der Waals surface area contributed by atoms with Gasteiger partial charge in [0.1, 0.15) is 0 Å². The van der Waals surface area contributed by atoms with E-state index in [-0.39, 0.29) is 5.91 Å². The Morgan fingerprint density at radius 3 is 2.13 bits per heavy atom. The minimum absolute atomic E-state index is 0.244. The molecule has 0 aromatic rings. The van der Waals surface area contributed by atoms with Crippen molar-refractivity contribution in [2.24, 2.45) is 11.8 Å². The lowest BCUT2D eigenvalue weighted by molar-refractivity contribution is -0.131. The number of carbonyl (C=O) groups excluding carboxylic acids is 1. The Morgan fingerprint density at radius 2 is 1.73 bits per heavy atom. The van der Waals surface area contributed by atoms with E-state index in [1.807, 2.05) is 18.7 Å². The van der Waals surface area contributed by atoms with Crippen LogP contribution in [0.25, 0.3) is 0 Å². The zero-order valence-corrected chi connectivity index (χ0v) is 11.0. The van der Waals surface area contributed by atoms with Gasteiger partial charge in [-0.3, -0.25) is 4.79 Å². The Bertz CT molecular complexity index is 179. The normalized spacial score (nSPS) is 25.5. The molecule has 1 amide bonds. The van der Waals surface area contributed by atoms with E-state index >= 15 is 0 Å². The first-order valence-electron chi connectivity index (χ1n) is 6.44. The van der Waals surface area contributed by atoms with E-state index in [2.05, 4.69) is 13.8 Å². The van der Waals surface area contributed by atoms with Crippen LogP contribution in [0.1, 0.15) is 53.9 Å². The first-order chi connectivity index (χ1) is 7.19. The summed E-state index contributed by atoms with van der Waals surface area (Å²) in [5.41, 5.74) is 0. The second-order valence-corrected chi connectivity index (χ2v) is 4.09. The SMILES string of the molecule is CC.CC[C@H]1CCN(C(C)=O)C[C@@H]1CC. The highest BCUT2D eigenvalue weighted by Gasteiger charge is 2.27. The summed E-state index contributed by atoms with van der Waals surface area (Å²) >= 11 is 0. The van der Waals surface area contributed by atoms with Crippen molar-refractivity contribution in [3.05, 3.63) is 0 Å². The highest BCUT2D eigenvalue weighted by Crippen LogP contribution is 2.28.